The van der Waals surface area contributed by atoms with E-state index in [0.29, 0.717) is 23.2 Å². The third kappa shape index (κ3) is 4.98. The predicted octanol–water partition coefficient (Wildman–Crippen LogP) is 4.34. The molecule has 2 heterocycles. The minimum Gasteiger partial charge on any atom is -0.465 e. The second-order valence-electron chi connectivity index (χ2n) is 8.13. The summed E-state index contributed by atoms with van der Waals surface area (Å²) in [5.74, 6) is -1.89. The number of benzene rings is 2. The Kier molecular flexibility index (Phi) is 6.51. The van der Waals surface area contributed by atoms with Gasteiger partial charge in [0.15, 0.2) is 5.69 Å². The van der Waals surface area contributed by atoms with Gasteiger partial charge >= 0.3 is 12.1 Å². The van der Waals surface area contributed by atoms with Crippen molar-refractivity contribution in [2.24, 2.45) is 0 Å². The summed E-state index contributed by atoms with van der Waals surface area (Å²) in [5.41, 5.74) is -0.415. The molecule has 184 valence electrons. The van der Waals surface area contributed by atoms with Crippen LogP contribution in [0.2, 0.25) is 0 Å². The highest BCUT2D eigenvalue weighted by molar-refractivity contribution is 6.01. The van der Waals surface area contributed by atoms with Crippen LogP contribution in [0.25, 0.3) is 0 Å². The third-order valence-electron chi connectivity index (χ3n) is 5.74. The van der Waals surface area contributed by atoms with Crippen LogP contribution in [0.5, 0.6) is 0 Å². The quantitative estimate of drug-likeness (QED) is 0.411. The highest BCUT2D eigenvalue weighted by Gasteiger charge is 2.44. The molecule has 0 radical (unpaired) electrons. The number of alkyl halides is 3. The average Bonchev–Trinajstić information content (AvgIpc) is 3.39. The molecule has 0 aliphatic carbocycles. The molecule has 0 spiro atoms. The number of nitrogens with one attached hydrogen (secondary N) is 1. The first-order valence-electron chi connectivity index (χ1n) is 10.7. The van der Waals surface area contributed by atoms with Crippen LogP contribution in [0.1, 0.15) is 50.5 Å². The standard InChI is InChI=1S/C24H22F4N4O3/c1-14(16-6-8-17(9-7-16)23(34)35-2)29-21(33)19-20(24(26,27)28)30-32-11-10-31(22(19)32)13-15-4-3-5-18(25)12-15/h3-9,12,14H,10-11,13H2,1-2H3,(H,29,33). The summed E-state index contributed by atoms with van der Waals surface area (Å²) in [6, 6.07) is 11.3. The van der Waals surface area contributed by atoms with Crippen LogP contribution in [0.3, 0.4) is 0 Å². The number of aromatic nitrogens is 2. The summed E-state index contributed by atoms with van der Waals surface area (Å²) in [7, 11) is 1.25. The molecule has 1 amide bonds. The Hall–Kier alpha value is -3.89. The van der Waals surface area contributed by atoms with Crippen LogP contribution < -0.4 is 10.2 Å². The zero-order valence-electron chi connectivity index (χ0n) is 18.9. The monoisotopic (exact) mass is 490 g/mol. The summed E-state index contributed by atoms with van der Waals surface area (Å²) in [5, 5.41) is 6.28. The van der Waals surface area contributed by atoms with Crippen molar-refractivity contribution < 1.29 is 31.9 Å². The van der Waals surface area contributed by atoms with Gasteiger partial charge in [-0.25, -0.2) is 13.9 Å². The molecular formula is C24H22F4N4O3. The maximum atomic E-state index is 13.8. The number of anilines is 1. The molecule has 1 unspecified atom stereocenters. The highest BCUT2D eigenvalue weighted by atomic mass is 19.4. The molecule has 1 aromatic heterocycles. The van der Waals surface area contributed by atoms with Gasteiger partial charge in [0.1, 0.15) is 17.2 Å². The molecule has 0 fully saturated rings. The fourth-order valence-corrected chi connectivity index (χ4v) is 4.05. The lowest BCUT2D eigenvalue weighted by Crippen LogP contribution is -2.31. The molecule has 0 saturated heterocycles. The number of rotatable bonds is 6. The van der Waals surface area contributed by atoms with E-state index >= 15 is 0 Å². The van der Waals surface area contributed by atoms with Gasteiger partial charge < -0.3 is 15.0 Å². The van der Waals surface area contributed by atoms with Gasteiger partial charge in [-0.3, -0.25) is 4.79 Å². The fraction of sp³-hybridized carbons (Fsp3) is 0.292. The first-order chi connectivity index (χ1) is 16.6. The van der Waals surface area contributed by atoms with Crippen molar-refractivity contribution in [3.63, 3.8) is 0 Å². The van der Waals surface area contributed by atoms with Crippen LogP contribution in [-0.2, 0) is 24.0 Å². The van der Waals surface area contributed by atoms with Crippen LogP contribution in [0, 0.1) is 5.82 Å². The molecule has 1 aliphatic rings. The zero-order chi connectivity index (χ0) is 25.3. The smallest absolute Gasteiger partial charge is 0.436 e. The van der Waals surface area contributed by atoms with Gasteiger partial charge in [0, 0.05) is 13.1 Å². The van der Waals surface area contributed by atoms with Gasteiger partial charge in [0.05, 0.1) is 25.3 Å². The SMILES string of the molecule is COC(=O)c1ccc(C(C)NC(=O)c2c(C(F)(F)F)nn3c2N(Cc2cccc(F)c2)CC3)cc1. The molecule has 2 aromatic carbocycles. The number of hydrogen-bond donors (Lipinski definition) is 1. The van der Waals surface area contributed by atoms with E-state index in [4.69, 9.17) is 0 Å². The number of amides is 1. The maximum Gasteiger partial charge on any atom is 0.436 e. The molecule has 1 aliphatic heterocycles. The third-order valence-corrected chi connectivity index (χ3v) is 5.74. The van der Waals surface area contributed by atoms with E-state index in [0.717, 1.165) is 4.68 Å². The van der Waals surface area contributed by atoms with Crippen molar-refractivity contribution in [2.75, 3.05) is 18.6 Å². The molecule has 0 bridgehead atoms. The number of esters is 1. The number of methoxy groups -OCH3 is 1. The largest absolute Gasteiger partial charge is 0.465 e. The Balaban J connectivity index is 1.63. The highest BCUT2D eigenvalue weighted by Crippen LogP contribution is 2.38. The summed E-state index contributed by atoms with van der Waals surface area (Å²) >= 11 is 0. The minimum atomic E-state index is -4.85. The molecule has 35 heavy (non-hydrogen) atoms. The van der Waals surface area contributed by atoms with Crippen molar-refractivity contribution in [2.45, 2.75) is 32.2 Å². The topological polar surface area (TPSA) is 76.5 Å². The van der Waals surface area contributed by atoms with E-state index < -0.39 is 41.2 Å². The van der Waals surface area contributed by atoms with Gasteiger partial charge in [-0.1, -0.05) is 24.3 Å². The van der Waals surface area contributed by atoms with Crippen molar-refractivity contribution >= 4 is 17.7 Å². The number of nitrogens with zero attached hydrogens (tertiary/aromatic N) is 3. The average molecular weight is 490 g/mol. The van der Waals surface area contributed by atoms with Crippen LogP contribution in [-0.4, -0.2) is 35.3 Å². The van der Waals surface area contributed by atoms with Gasteiger partial charge in [0.2, 0.25) is 0 Å². The molecular weight excluding hydrogens is 468 g/mol. The van der Waals surface area contributed by atoms with Crippen LogP contribution in [0.4, 0.5) is 23.4 Å². The first-order valence-corrected chi connectivity index (χ1v) is 10.7. The summed E-state index contributed by atoms with van der Waals surface area (Å²) in [6.45, 7) is 2.21. The van der Waals surface area contributed by atoms with Crippen molar-refractivity contribution in [1.82, 2.24) is 15.1 Å². The Bertz CT molecular complexity index is 1250. The molecule has 3 aromatic rings. The maximum absolute atomic E-state index is 13.8. The van der Waals surface area contributed by atoms with E-state index in [2.05, 4.69) is 15.2 Å². The minimum absolute atomic E-state index is 0.0346. The van der Waals surface area contributed by atoms with Crippen molar-refractivity contribution in [1.29, 1.82) is 0 Å². The number of fused-ring (bicyclic) bond motifs is 1. The Labute approximate surface area is 198 Å². The van der Waals surface area contributed by atoms with Crippen LogP contribution in [0.15, 0.2) is 48.5 Å². The Morgan fingerprint density at radius 1 is 1.14 bits per heavy atom. The van der Waals surface area contributed by atoms with E-state index in [1.807, 2.05) is 0 Å². The number of halogens is 4. The second kappa shape index (κ2) is 9.40. The predicted molar refractivity (Wildman–Crippen MR) is 118 cm³/mol. The molecule has 11 heteroatoms. The first kappa shape index (κ1) is 24.2. The van der Waals surface area contributed by atoms with Crippen molar-refractivity contribution in [3.8, 4) is 0 Å². The van der Waals surface area contributed by atoms with Gasteiger partial charge in [-0.15, -0.1) is 0 Å². The Morgan fingerprint density at radius 3 is 2.49 bits per heavy atom. The summed E-state index contributed by atoms with van der Waals surface area (Å²) < 4.78 is 60.9. The summed E-state index contributed by atoms with van der Waals surface area (Å²) in [4.78, 5) is 26.4. The van der Waals surface area contributed by atoms with E-state index in [1.165, 1.54) is 37.4 Å². The molecule has 4 rings (SSSR count). The molecule has 1 atom stereocenters. The van der Waals surface area contributed by atoms with Gasteiger partial charge in [-0.2, -0.15) is 18.3 Å². The zero-order valence-corrected chi connectivity index (χ0v) is 18.9. The lowest BCUT2D eigenvalue weighted by atomic mass is 10.1. The van der Waals surface area contributed by atoms with Gasteiger partial charge in [0.25, 0.3) is 5.91 Å². The molecule has 1 N–H and O–H groups in total. The lowest BCUT2D eigenvalue weighted by molar-refractivity contribution is -0.141. The lowest BCUT2D eigenvalue weighted by Gasteiger charge is -2.21. The van der Waals surface area contributed by atoms with E-state index in [1.54, 1.807) is 30.0 Å². The second-order valence-corrected chi connectivity index (χ2v) is 8.13. The normalized spacial score (nSPS) is 13.9. The van der Waals surface area contributed by atoms with Crippen molar-refractivity contribution in [3.05, 3.63) is 82.3 Å². The fourth-order valence-electron chi connectivity index (χ4n) is 4.05. The van der Waals surface area contributed by atoms with E-state index in [-0.39, 0.29) is 18.9 Å². The van der Waals surface area contributed by atoms with Gasteiger partial charge in [-0.05, 0) is 42.3 Å². The number of hydrogen-bond acceptors (Lipinski definition) is 5. The Morgan fingerprint density at radius 2 is 1.86 bits per heavy atom. The van der Waals surface area contributed by atoms with Crippen LogP contribution >= 0.6 is 0 Å². The number of ether oxygens (including phenoxy) is 1. The number of carbonyl (C=O) groups is 2. The number of carbonyl (C=O) groups excluding carboxylic acids is 2. The van der Waals surface area contributed by atoms with E-state index in [9.17, 15) is 27.2 Å². The summed E-state index contributed by atoms with van der Waals surface area (Å²) in [6.07, 6.45) is -4.85. The molecule has 0 saturated carbocycles. The molecule has 7 nitrogen and oxygen atoms in total.